The van der Waals surface area contributed by atoms with Gasteiger partial charge in [0.15, 0.2) is 11.4 Å². The maximum absolute atomic E-state index is 14.5. The maximum Gasteiger partial charge on any atom is 0.338 e. The molecule has 2 bridgehead atoms. The van der Waals surface area contributed by atoms with Crippen molar-refractivity contribution in [2.24, 2.45) is 28.6 Å². The molecule has 2 saturated carbocycles. The predicted octanol–water partition coefficient (Wildman–Crippen LogP) is 3.63. The number of aliphatic hydroxyl groups is 2. The van der Waals surface area contributed by atoms with E-state index < -0.39 is 64.0 Å². The molecule has 212 valence electrons. The van der Waals surface area contributed by atoms with Crippen molar-refractivity contribution < 1.29 is 38.8 Å². The molecule has 0 unspecified atom stereocenters. The third kappa shape index (κ3) is 3.64. The standard InChI is InChI=1S/C31H40O8/c1-16-14-31(36)26(38-27(35)20-11-9-8-10-12-20)24-29(7,25(34)23(33)22(18(16)3)28(31,5)6)17(2)13-21-30(24,15-37-21)39-19(4)32/h8-12,16-17,21,23-24,26,33,36H,13-15H2,1-7H3/t16-,17-,21+,23+,24-,26-,29+,30-,31+/m0/s1. The number of hydrogen-bond acceptors (Lipinski definition) is 8. The quantitative estimate of drug-likeness (QED) is 0.441. The molecule has 9 atom stereocenters. The van der Waals surface area contributed by atoms with E-state index in [1.807, 2.05) is 20.8 Å². The van der Waals surface area contributed by atoms with E-state index in [4.69, 9.17) is 14.2 Å². The number of esters is 2. The van der Waals surface area contributed by atoms with Crippen molar-refractivity contribution in [3.05, 3.63) is 47.0 Å². The minimum Gasteiger partial charge on any atom is -0.455 e. The van der Waals surface area contributed by atoms with Crippen molar-refractivity contribution >= 4 is 17.7 Å². The number of carbonyl (C=O) groups excluding carboxylic acids is 3. The van der Waals surface area contributed by atoms with Gasteiger partial charge in [-0.05, 0) is 49.3 Å². The fraction of sp³-hybridized carbons (Fsp3) is 0.645. The lowest BCUT2D eigenvalue weighted by molar-refractivity contribution is -0.339. The zero-order valence-electron chi connectivity index (χ0n) is 23.8. The Morgan fingerprint density at radius 1 is 1.10 bits per heavy atom. The van der Waals surface area contributed by atoms with Crippen LogP contribution in [0.25, 0.3) is 0 Å². The van der Waals surface area contributed by atoms with Gasteiger partial charge in [-0.3, -0.25) is 9.59 Å². The van der Waals surface area contributed by atoms with Crippen molar-refractivity contribution in [1.82, 2.24) is 0 Å². The summed E-state index contributed by atoms with van der Waals surface area (Å²) in [5, 5.41) is 24.7. The molecule has 0 radical (unpaired) electrons. The SMILES string of the molecule is CC(=O)O[C@@]12CO[C@@H]1C[C@H](C)[C@@]1(C)C(=O)[C@H](O)C3=C(C)[C@@H](C)C[C@@](O)([C@@H](OC(=O)c4ccccc4)[C@H]21)C3(C)C. The third-order valence-corrected chi connectivity index (χ3v) is 10.8. The molecule has 4 aliphatic rings. The van der Waals surface area contributed by atoms with Crippen LogP contribution in [0.3, 0.4) is 0 Å². The van der Waals surface area contributed by atoms with Crippen molar-refractivity contribution in [2.45, 2.75) is 90.8 Å². The van der Waals surface area contributed by atoms with Crippen LogP contribution in [0.4, 0.5) is 0 Å². The van der Waals surface area contributed by atoms with Crippen LogP contribution in [-0.4, -0.2) is 64.1 Å². The normalized spacial score (nSPS) is 42.7. The number of hydrogen-bond donors (Lipinski definition) is 2. The predicted molar refractivity (Wildman–Crippen MR) is 141 cm³/mol. The Balaban J connectivity index is 1.81. The van der Waals surface area contributed by atoms with Gasteiger partial charge in [0.25, 0.3) is 0 Å². The Bertz CT molecular complexity index is 1240. The summed E-state index contributed by atoms with van der Waals surface area (Å²) in [7, 11) is 0. The van der Waals surface area contributed by atoms with Gasteiger partial charge in [0.2, 0.25) is 0 Å². The van der Waals surface area contributed by atoms with Crippen molar-refractivity contribution in [2.75, 3.05) is 6.61 Å². The molecule has 2 N–H and O–H groups in total. The first-order valence-electron chi connectivity index (χ1n) is 13.9. The number of carbonyl (C=O) groups is 3. The van der Waals surface area contributed by atoms with E-state index in [0.717, 1.165) is 5.57 Å². The van der Waals surface area contributed by atoms with E-state index in [1.165, 1.54) is 6.92 Å². The monoisotopic (exact) mass is 540 g/mol. The topological polar surface area (TPSA) is 119 Å². The highest BCUT2D eigenvalue weighted by Crippen LogP contribution is 2.65. The number of benzene rings is 1. The number of ether oxygens (including phenoxy) is 3. The molecule has 0 amide bonds. The Morgan fingerprint density at radius 2 is 1.74 bits per heavy atom. The summed E-state index contributed by atoms with van der Waals surface area (Å²) in [4.78, 5) is 40.8. The van der Waals surface area contributed by atoms with Crippen LogP contribution in [0, 0.1) is 28.6 Å². The molecule has 1 aromatic carbocycles. The summed E-state index contributed by atoms with van der Waals surface area (Å²) in [6, 6.07) is 8.51. The molecule has 0 aromatic heterocycles. The molecular weight excluding hydrogens is 500 g/mol. The molecule has 1 aliphatic heterocycles. The van der Waals surface area contributed by atoms with Crippen LogP contribution in [0.15, 0.2) is 41.5 Å². The summed E-state index contributed by atoms with van der Waals surface area (Å²) < 4.78 is 18.3. The van der Waals surface area contributed by atoms with Gasteiger partial charge >= 0.3 is 11.9 Å². The summed E-state index contributed by atoms with van der Waals surface area (Å²) in [5.74, 6) is -3.13. The Labute approximate surface area is 229 Å². The van der Waals surface area contributed by atoms with E-state index in [-0.39, 0.29) is 24.9 Å². The minimum atomic E-state index is -1.70. The van der Waals surface area contributed by atoms with Gasteiger partial charge in [-0.15, -0.1) is 0 Å². The van der Waals surface area contributed by atoms with Gasteiger partial charge in [-0.1, -0.05) is 58.4 Å². The van der Waals surface area contributed by atoms with E-state index in [0.29, 0.717) is 17.6 Å². The smallest absolute Gasteiger partial charge is 0.338 e. The van der Waals surface area contributed by atoms with Gasteiger partial charge in [-0.2, -0.15) is 0 Å². The zero-order valence-corrected chi connectivity index (χ0v) is 23.8. The second-order valence-corrected chi connectivity index (χ2v) is 13.0. The second-order valence-electron chi connectivity index (χ2n) is 13.0. The number of rotatable bonds is 3. The van der Waals surface area contributed by atoms with Crippen LogP contribution in [-0.2, 0) is 23.8 Å². The first-order valence-corrected chi connectivity index (χ1v) is 13.9. The maximum atomic E-state index is 14.5. The van der Waals surface area contributed by atoms with Crippen LogP contribution in [0.2, 0.25) is 0 Å². The molecule has 5 rings (SSSR count). The van der Waals surface area contributed by atoms with E-state index in [1.54, 1.807) is 51.1 Å². The number of Topliss-reactive ketones (excluding diaryl/α,β-unsaturated/α-hetero) is 1. The average Bonchev–Trinajstić information content (AvgIpc) is 2.87. The lowest BCUT2D eigenvalue weighted by atomic mass is 9.43. The number of ketones is 1. The molecule has 0 spiro atoms. The van der Waals surface area contributed by atoms with Gasteiger partial charge < -0.3 is 24.4 Å². The highest BCUT2D eigenvalue weighted by atomic mass is 16.6. The van der Waals surface area contributed by atoms with Crippen molar-refractivity contribution in [1.29, 1.82) is 0 Å². The van der Waals surface area contributed by atoms with Gasteiger partial charge in [0.1, 0.15) is 23.9 Å². The van der Waals surface area contributed by atoms with E-state index >= 15 is 0 Å². The second kappa shape index (κ2) is 8.98. The summed E-state index contributed by atoms with van der Waals surface area (Å²) in [6.07, 6.45) is -2.62. The molecule has 1 aromatic rings. The van der Waals surface area contributed by atoms with Crippen LogP contribution in [0.1, 0.15) is 71.7 Å². The Hall–Kier alpha value is -2.55. The van der Waals surface area contributed by atoms with Gasteiger partial charge in [0, 0.05) is 17.8 Å². The van der Waals surface area contributed by atoms with Crippen molar-refractivity contribution in [3.63, 3.8) is 0 Å². The molecule has 8 heteroatoms. The van der Waals surface area contributed by atoms with Crippen molar-refractivity contribution in [3.8, 4) is 0 Å². The lowest BCUT2D eigenvalue weighted by Crippen LogP contribution is -2.80. The Morgan fingerprint density at radius 3 is 2.31 bits per heavy atom. The third-order valence-electron chi connectivity index (χ3n) is 10.8. The van der Waals surface area contributed by atoms with Gasteiger partial charge in [0.05, 0.1) is 18.1 Å². The van der Waals surface area contributed by atoms with Gasteiger partial charge in [-0.25, -0.2) is 4.79 Å². The zero-order chi connectivity index (χ0) is 28.7. The highest BCUT2D eigenvalue weighted by Gasteiger charge is 2.77. The summed E-state index contributed by atoms with van der Waals surface area (Å²) >= 11 is 0. The largest absolute Gasteiger partial charge is 0.455 e. The lowest BCUT2D eigenvalue weighted by Gasteiger charge is -2.68. The first-order chi connectivity index (χ1) is 18.1. The summed E-state index contributed by atoms with van der Waals surface area (Å²) in [6.45, 7) is 12.4. The van der Waals surface area contributed by atoms with E-state index in [2.05, 4.69) is 0 Å². The molecule has 1 heterocycles. The molecule has 8 nitrogen and oxygen atoms in total. The molecule has 1 saturated heterocycles. The fourth-order valence-corrected chi connectivity index (χ4v) is 8.22. The number of aliphatic hydroxyl groups excluding tert-OH is 1. The summed E-state index contributed by atoms with van der Waals surface area (Å²) in [5.41, 5.74) is -3.86. The van der Waals surface area contributed by atoms with Crippen LogP contribution in [0.5, 0.6) is 0 Å². The minimum absolute atomic E-state index is 0.000766. The van der Waals surface area contributed by atoms with E-state index in [9.17, 15) is 24.6 Å². The number of fused-ring (bicyclic) bond motifs is 5. The molecule has 3 aliphatic carbocycles. The van der Waals surface area contributed by atoms with Crippen LogP contribution < -0.4 is 0 Å². The van der Waals surface area contributed by atoms with Crippen LogP contribution >= 0.6 is 0 Å². The Kier molecular flexibility index (Phi) is 6.45. The molecule has 39 heavy (non-hydrogen) atoms. The highest BCUT2D eigenvalue weighted by molar-refractivity contribution is 5.93. The first kappa shape index (κ1) is 28.0. The molecular formula is C31H40O8. The average molecular weight is 541 g/mol. The number of allylic oxidation sites excluding steroid dienone is 1. The fourth-order valence-electron chi connectivity index (χ4n) is 8.22. The molecule has 3 fully saturated rings.